The van der Waals surface area contributed by atoms with Gasteiger partial charge in [-0.25, -0.2) is 0 Å². The lowest BCUT2D eigenvalue weighted by Crippen LogP contribution is -2.07. The average Bonchev–Trinajstić information content (AvgIpc) is 2.15. The van der Waals surface area contributed by atoms with Gasteiger partial charge in [0.15, 0.2) is 6.10 Å². The van der Waals surface area contributed by atoms with Crippen LogP contribution in [0.5, 0.6) is 0 Å². The molecule has 0 bridgehead atoms. The molecule has 0 spiro atoms. The number of esters is 1. The zero-order chi connectivity index (χ0) is 9.68. The Hall–Kier alpha value is -1.71. The molecule has 0 amide bonds. The quantitative estimate of drug-likeness (QED) is 0.516. The summed E-state index contributed by atoms with van der Waals surface area (Å²) in [4.78, 5) is 18.5. The van der Waals surface area contributed by atoms with Gasteiger partial charge < -0.3 is 4.74 Å². The predicted octanol–water partition coefficient (Wildman–Crippen LogP) is 1.27. The minimum absolute atomic E-state index is 0.365. The normalized spacial score (nSPS) is 11.8. The maximum atomic E-state index is 10.7. The average molecular weight is 178 g/mol. The number of aromatic nitrogens is 2. The topological polar surface area (TPSA) is 52.1 Å². The summed E-state index contributed by atoms with van der Waals surface area (Å²) >= 11 is 0. The Labute approximate surface area is 76.3 Å². The summed E-state index contributed by atoms with van der Waals surface area (Å²) in [5, 5.41) is 0. The van der Waals surface area contributed by atoms with Crippen LogP contribution in [0.3, 0.4) is 0 Å². The van der Waals surface area contributed by atoms with E-state index in [1.807, 2.05) is 0 Å². The van der Waals surface area contributed by atoms with Crippen LogP contribution in [0.1, 0.15) is 18.7 Å². The van der Waals surface area contributed by atoms with E-state index in [0.717, 1.165) is 0 Å². The molecule has 0 radical (unpaired) electrons. The van der Waals surface area contributed by atoms with Crippen LogP contribution < -0.4 is 0 Å². The van der Waals surface area contributed by atoms with Crippen molar-refractivity contribution in [1.29, 1.82) is 0 Å². The van der Waals surface area contributed by atoms with Gasteiger partial charge in [0.1, 0.15) is 5.69 Å². The van der Waals surface area contributed by atoms with Crippen molar-refractivity contribution in [2.75, 3.05) is 0 Å². The molecule has 0 aliphatic rings. The van der Waals surface area contributed by atoms with Gasteiger partial charge in [-0.1, -0.05) is 6.58 Å². The number of carbonyl (C=O) groups excluding carboxylic acids is 1. The summed E-state index contributed by atoms with van der Waals surface area (Å²) in [5.74, 6) is -0.365. The van der Waals surface area contributed by atoms with E-state index in [9.17, 15) is 4.79 Å². The van der Waals surface area contributed by atoms with Gasteiger partial charge in [0.25, 0.3) is 0 Å². The molecule has 1 unspecified atom stereocenters. The van der Waals surface area contributed by atoms with Gasteiger partial charge in [-0.15, -0.1) is 0 Å². The Morgan fingerprint density at radius 3 is 2.92 bits per heavy atom. The van der Waals surface area contributed by atoms with Crippen LogP contribution >= 0.6 is 0 Å². The van der Waals surface area contributed by atoms with Crippen LogP contribution in [0.4, 0.5) is 0 Å². The second kappa shape index (κ2) is 4.35. The van der Waals surface area contributed by atoms with E-state index in [0.29, 0.717) is 5.69 Å². The van der Waals surface area contributed by atoms with E-state index in [4.69, 9.17) is 4.74 Å². The predicted molar refractivity (Wildman–Crippen MR) is 46.7 cm³/mol. The highest BCUT2D eigenvalue weighted by Crippen LogP contribution is 2.14. The van der Waals surface area contributed by atoms with Crippen LogP contribution in [-0.4, -0.2) is 15.9 Å². The third-order valence-electron chi connectivity index (χ3n) is 1.38. The van der Waals surface area contributed by atoms with E-state index < -0.39 is 6.10 Å². The van der Waals surface area contributed by atoms with Crippen molar-refractivity contribution < 1.29 is 9.53 Å². The Kier molecular flexibility index (Phi) is 3.14. The molecule has 0 aromatic carbocycles. The van der Waals surface area contributed by atoms with Crippen molar-refractivity contribution in [2.45, 2.75) is 13.0 Å². The van der Waals surface area contributed by atoms with Gasteiger partial charge >= 0.3 is 5.97 Å². The highest BCUT2D eigenvalue weighted by molar-refractivity contribution is 5.66. The number of hydrogen-bond donors (Lipinski definition) is 0. The molecule has 4 heteroatoms. The largest absolute Gasteiger partial charge is 0.452 e. The van der Waals surface area contributed by atoms with Gasteiger partial charge in [-0.05, 0) is 6.08 Å². The Morgan fingerprint density at radius 1 is 1.69 bits per heavy atom. The molecular weight excluding hydrogens is 168 g/mol. The van der Waals surface area contributed by atoms with Crippen LogP contribution in [0, 0.1) is 0 Å². The molecule has 0 aliphatic heterocycles. The number of hydrogen-bond acceptors (Lipinski definition) is 4. The lowest BCUT2D eigenvalue weighted by molar-refractivity contribution is -0.144. The van der Waals surface area contributed by atoms with Crippen LogP contribution in [-0.2, 0) is 9.53 Å². The molecule has 1 rings (SSSR count). The third-order valence-corrected chi connectivity index (χ3v) is 1.38. The van der Waals surface area contributed by atoms with E-state index in [1.54, 1.807) is 6.20 Å². The molecule has 1 atom stereocenters. The first kappa shape index (κ1) is 9.38. The first-order valence-electron chi connectivity index (χ1n) is 3.79. The monoisotopic (exact) mass is 178 g/mol. The summed E-state index contributed by atoms with van der Waals surface area (Å²) in [6.07, 6.45) is 5.62. The zero-order valence-corrected chi connectivity index (χ0v) is 7.30. The maximum Gasteiger partial charge on any atom is 0.303 e. The molecule has 0 aliphatic carbocycles. The van der Waals surface area contributed by atoms with Gasteiger partial charge in [0.05, 0.1) is 6.20 Å². The summed E-state index contributed by atoms with van der Waals surface area (Å²) in [5.41, 5.74) is 0.577. The zero-order valence-electron chi connectivity index (χ0n) is 7.30. The molecule has 0 N–H and O–H groups in total. The van der Waals surface area contributed by atoms with Crippen molar-refractivity contribution in [2.24, 2.45) is 0 Å². The maximum absolute atomic E-state index is 10.7. The van der Waals surface area contributed by atoms with Gasteiger partial charge in [0, 0.05) is 19.3 Å². The van der Waals surface area contributed by atoms with Crippen molar-refractivity contribution in [3.8, 4) is 0 Å². The molecule has 1 aromatic heterocycles. The second-order valence-corrected chi connectivity index (χ2v) is 2.40. The first-order valence-corrected chi connectivity index (χ1v) is 3.79. The fourth-order valence-corrected chi connectivity index (χ4v) is 0.866. The van der Waals surface area contributed by atoms with Crippen molar-refractivity contribution in [3.63, 3.8) is 0 Å². The minimum Gasteiger partial charge on any atom is -0.452 e. The van der Waals surface area contributed by atoms with Gasteiger partial charge in [-0.3, -0.25) is 14.8 Å². The van der Waals surface area contributed by atoms with E-state index >= 15 is 0 Å². The Bertz CT molecular complexity index is 298. The van der Waals surface area contributed by atoms with Crippen LogP contribution in [0.2, 0.25) is 0 Å². The van der Waals surface area contributed by atoms with E-state index in [2.05, 4.69) is 16.5 Å². The molecular formula is C9H10N2O2. The van der Waals surface area contributed by atoms with Crippen molar-refractivity contribution >= 4 is 5.97 Å². The highest BCUT2D eigenvalue weighted by atomic mass is 16.5. The standard InChI is InChI=1S/C9H10N2O2/c1-3-9(13-7(2)12)8-6-10-4-5-11-8/h3-6,9H,1H2,2H3. The SMILES string of the molecule is C=CC(OC(C)=O)c1cnccn1. The summed E-state index contributed by atoms with van der Waals surface area (Å²) in [7, 11) is 0. The molecule has 0 fully saturated rings. The number of nitrogens with zero attached hydrogens (tertiary/aromatic N) is 2. The number of ether oxygens (including phenoxy) is 1. The lowest BCUT2D eigenvalue weighted by atomic mass is 10.2. The fourth-order valence-electron chi connectivity index (χ4n) is 0.866. The van der Waals surface area contributed by atoms with E-state index in [1.165, 1.54) is 25.4 Å². The summed E-state index contributed by atoms with van der Waals surface area (Å²) in [6.45, 7) is 4.89. The lowest BCUT2D eigenvalue weighted by Gasteiger charge is -2.10. The first-order chi connectivity index (χ1) is 6.24. The molecule has 4 nitrogen and oxygen atoms in total. The van der Waals surface area contributed by atoms with Crippen molar-refractivity contribution in [3.05, 3.63) is 36.9 Å². The smallest absolute Gasteiger partial charge is 0.303 e. The summed E-state index contributed by atoms with van der Waals surface area (Å²) in [6, 6.07) is 0. The van der Waals surface area contributed by atoms with Crippen LogP contribution in [0.15, 0.2) is 31.2 Å². The molecule has 13 heavy (non-hydrogen) atoms. The number of rotatable bonds is 3. The highest BCUT2D eigenvalue weighted by Gasteiger charge is 2.11. The molecule has 0 saturated heterocycles. The van der Waals surface area contributed by atoms with Gasteiger partial charge in [0.2, 0.25) is 0 Å². The van der Waals surface area contributed by atoms with Gasteiger partial charge in [-0.2, -0.15) is 0 Å². The van der Waals surface area contributed by atoms with Crippen molar-refractivity contribution in [1.82, 2.24) is 9.97 Å². The number of carbonyl (C=O) groups is 1. The minimum atomic E-state index is -0.508. The Morgan fingerprint density at radius 2 is 2.46 bits per heavy atom. The van der Waals surface area contributed by atoms with E-state index in [-0.39, 0.29) is 5.97 Å². The second-order valence-electron chi connectivity index (χ2n) is 2.40. The molecule has 0 saturated carbocycles. The Balaban J connectivity index is 2.78. The molecule has 1 heterocycles. The fraction of sp³-hybridized carbons (Fsp3) is 0.222. The third kappa shape index (κ3) is 2.66. The van der Waals surface area contributed by atoms with Crippen LogP contribution in [0.25, 0.3) is 0 Å². The molecule has 1 aromatic rings. The molecule has 68 valence electrons. The summed E-state index contributed by atoms with van der Waals surface area (Å²) < 4.78 is 4.93.